The Bertz CT molecular complexity index is 258. The molecule has 0 saturated heterocycles. The number of aryl methyl sites for hydroxylation is 2. The number of phenolic OH excluding ortho intramolecular Hbond substituents is 1. The van der Waals surface area contributed by atoms with Crippen molar-refractivity contribution < 1.29 is 5.11 Å². The van der Waals surface area contributed by atoms with Crippen molar-refractivity contribution in [1.29, 1.82) is 0 Å². The highest BCUT2D eigenvalue weighted by atomic mass is 35.5. The second-order valence-electron chi connectivity index (χ2n) is 2.90. The summed E-state index contributed by atoms with van der Waals surface area (Å²) in [5.74, 6) is 1.03. The van der Waals surface area contributed by atoms with Gasteiger partial charge in [-0.25, -0.2) is 0 Å². The van der Waals surface area contributed by atoms with Crippen molar-refractivity contribution in [3.05, 3.63) is 29.3 Å². The van der Waals surface area contributed by atoms with E-state index in [9.17, 15) is 0 Å². The highest BCUT2D eigenvalue weighted by Crippen LogP contribution is 2.16. The van der Waals surface area contributed by atoms with Gasteiger partial charge in [-0.15, -0.1) is 11.6 Å². The van der Waals surface area contributed by atoms with Crippen LogP contribution in [0.1, 0.15) is 17.5 Å². The van der Waals surface area contributed by atoms with Gasteiger partial charge < -0.3 is 5.11 Å². The van der Waals surface area contributed by atoms with E-state index in [1.54, 1.807) is 12.1 Å². The average Bonchev–Trinajstić information content (AvgIpc) is 2.03. The van der Waals surface area contributed by atoms with E-state index in [-0.39, 0.29) is 0 Å². The van der Waals surface area contributed by atoms with Gasteiger partial charge in [-0.05, 0) is 43.0 Å². The molecule has 0 bridgehead atoms. The highest BCUT2D eigenvalue weighted by Gasteiger charge is 1.98. The van der Waals surface area contributed by atoms with E-state index in [1.807, 2.05) is 13.0 Å². The number of rotatable bonds is 3. The summed E-state index contributed by atoms with van der Waals surface area (Å²) in [4.78, 5) is 0. The van der Waals surface area contributed by atoms with Crippen LogP contribution in [0.3, 0.4) is 0 Å². The molecule has 2 heteroatoms. The predicted molar refractivity (Wildman–Crippen MR) is 51.9 cm³/mol. The van der Waals surface area contributed by atoms with Crippen LogP contribution in [0.25, 0.3) is 0 Å². The smallest absolute Gasteiger partial charge is 0.115 e. The standard InChI is InChI=1S/C10H13ClO/c1-8-7-10(12)5-4-9(8)3-2-6-11/h4-5,7,12H,2-3,6H2,1H3. The third kappa shape index (κ3) is 2.42. The number of alkyl halides is 1. The van der Waals surface area contributed by atoms with E-state index in [0.29, 0.717) is 11.6 Å². The lowest BCUT2D eigenvalue weighted by Crippen LogP contribution is -1.89. The first-order chi connectivity index (χ1) is 5.74. The predicted octanol–water partition coefficient (Wildman–Crippen LogP) is 2.87. The van der Waals surface area contributed by atoms with Crippen LogP contribution >= 0.6 is 11.6 Å². The minimum absolute atomic E-state index is 0.335. The van der Waals surface area contributed by atoms with E-state index >= 15 is 0 Å². The summed E-state index contributed by atoms with van der Waals surface area (Å²) in [6.45, 7) is 2.00. The average molecular weight is 185 g/mol. The molecule has 66 valence electrons. The SMILES string of the molecule is Cc1cc(O)ccc1CCCCl. The van der Waals surface area contributed by atoms with Gasteiger partial charge in [0.05, 0.1) is 0 Å². The maximum atomic E-state index is 9.14. The Hall–Kier alpha value is -0.690. The lowest BCUT2D eigenvalue weighted by molar-refractivity contribution is 0.474. The zero-order valence-electron chi connectivity index (χ0n) is 7.18. The summed E-state index contributed by atoms with van der Waals surface area (Å²) in [7, 11) is 0. The van der Waals surface area contributed by atoms with Gasteiger partial charge in [-0.3, -0.25) is 0 Å². The van der Waals surface area contributed by atoms with Crippen LogP contribution in [0, 0.1) is 6.92 Å². The number of phenols is 1. The van der Waals surface area contributed by atoms with Crippen LogP contribution in [0.2, 0.25) is 0 Å². The first kappa shape index (κ1) is 9.40. The molecule has 0 fully saturated rings. The van der Waals surface area contributed by atoms with E-state index in [2.05, 4.69) is 0 Å². The van der Waals surface area contributed by atoms with Gasteiger partial charge in [-0.2, -0.15) is 0 Å². The fourth-order valence-electron chi connectivity index (χ4n) is 1.22. The van der Waals surface area contributed by atoms with Gasteiger partial charge in [0, 0.05) is 5.88 Å². The van der Waals surface area contributed by atoms with Crippen LogP contribution < -0.4 is 0 Å². The van der Waals surface area contributed by atoms with E-state index in [0.717, 1.165) is 18.4 Å². The Morgan fingerprint density at radius 2 is 2.17 bits per heavy atom. The molecular weight excluding hydrogens is 172 g/mol. The summed E-state index contributed by atoms with van der Waals surface area (Å²) < 4.78 is 0. The first-order valence-corrected chi connectivity index (χ1v) is 4.62. The van der Waals surface area contributed by atoms with E-state index < -0.39 is 0 Å². The molecular formula is C10H13ClO. The molecule has 1 N–H and O–H groups in total. The quantitative estimate of drug-likeness (QED) is 0.717. The lowest BCUT2D eigenvalue weighted by Gasteiger charge is -2.04. The Morgan fingerprint density at radius 1 is 1.42 bits per heavy atom. The van der Waals surface area contributed by atoms with Crippen molar-refractivity contribution in [1.82, 2.24) is 0 Å². The maximum absolute atomic E-state index is 9.14. The van der Waals surface area contributed by atoms with Crippen molar-refractivity contribution in [2.24, 2.45) is 0 Å². The monoisotopic (exact) mass is 184 g/mol. The molecule has 0 atom stereocenters. The largest absolute Gasteiger partial charge is 0.508 e. The highest BCUT2D eigenvalue weighted by molar-refractivity contribution is 6.17. The van der Waals surface area contributed by atoms with E-state index in [1.165, 1.54) is 5.56 Å². The van der Waals surface area contributed by atoms with Gasteiger partial charge in [0.1, 0.15) is 5.75 Å². The molecule has 0 aliphatic heterocycles. The summed E-state index contributed by atoms with van der Waals surface area (Å²) in [5, 5.41) is 9.14. The molecule has 12 heavy (non-hydrogen) atoms. The molecule has 0 unspecified atom stereocenters. The summed E-state index contributed by atoms with van der Waals surface area (Å²) in [6.07, 6.45) is 1.99. The zero-order chi connectivity index (χ0) is 8.97. The van der Waals surface area contributed by atoms with Gasteiger partial charge >= 0.3 is 0 Å². The number of aromatic hydroxyl groups is 1. The minimum Gasteiger partial charge on any atom is -0.508 e. The second kappa shape index (κ2) is 4.36. The van der Waals surface area contributed by atoms with Gasteiger partial charge in [0.2, 0.25) is 0 Å². The molecule has 0 spiro atoms. The molecule has 0 aliphatic carbocycles. The Kier molecular flexibility index (Phi) is 3.42. The molecule has 0 heterocycles. The third-order valence-electron chi connectivity index (χ3n) is 1.91. The molecule has 1 aromatic carbocycles. The molecule has 1 rings (SSSR count). The first-order valence-electron chi connectivity index (χ1n) is 4.08. The van der Waals surface area contributed by atoms with Crippen molar-refractivity contribution >= 4 is 11.6 Å². The Morgan fingerprint density at radius 3 is 2.75 bits per heavy atom. The third-order valence-corrected chi connectivity index (χ3v) is 2.17. The number of benzene rings is 1. The van der Waals surface area contributed by atoms with Crippen molar-refractivity contribution in [3.63, 3.8) is 0 Å². The number of hydrogen-bond acceptors (Lipinski definition) is 1. The van der Waals surface area contributed by atoms with Crippen molar-refractivity contribution in [2.75, 3.05) is 5.88 Å². The summed E-state index contributed by atoms with van der Waals surface area (Å²) in [6, 6.07) is 5.46. The molecule has 1 nitrogen and oxygen atoms in total. The van der Waals surface area contributed by atoms with Crippen molar-refractivity contribution in [2.45, 2.75) is 19.8 Å². The van der Waals surface area contributed by atoms with Crippen LogP contribution in [0.5, 0.6) is 5.75 Å². The summed E-state index contributed by atoms with van der Waals surface area (Å²) in [5.41, 5.74) is 2.41. The number of hydrogen-bond donors (Lipinski definition) is 1. The molecule has 0 aliphatic rings. The lowest BCUT2D eigenvalue weighted by atomic mass is 10.0. The van der Waals surface area contributed by atoms with Gasteiger partial charge in [0.25, 0.3) is 0 Å². The van der Waals surface area contributed by atoms with Crippen LogP contribution in [-0.4, -0.2) is 11.0 Å². The minimum atomic E-state index is 0.335. The molecule has 0 aromatic heterocycles. The topological polar surface area (TPSA) is 20.2 Å². The zero-order valence-corrected chi connectivity index (χ0v) is 7.93. The second-order valence-corrected chi connectivity index (χ2v) is 3.28. The Labute approximate surface area is 78.0 Å². The van der Waals surface area contributed by atoms with Gasteiger partial charge in [-0.1, -0.05) is 6.07 Å². The van der Waals surface area contributed by atoms with E-state index in [4.69, 9.17) is 16.7 Å². The summed E-state index contributed by atoms with van der Waals surface area (Å²) >= 11 is 5.59. The van der Waals surface area contributed by atoms with Crippen LogP contribution in [-0.2, 0) is 6.42 Å². The fourth-order valence-corrected chi connectivity index (χ4v) is 1.35. The molecule has 0 saturated carbocycles. The Balaban J connectivity index is 2.72. The van der Waals surface area contributed by atoms with Crippen molar-refractivity contribution in [3.8, 4) is 5.75 Å². The van der Waals surface area contributed by atoms with Gasteiger partial charge in [0.15, 0.2) is 0 Å². The molecule has 0 amide bonds. The van der Waals surface area contributed by atoms with Crippen LogP contribution in [0.4, 0.5) is 0 Å². The molecule has 0 radical (unpaired) electrons. The number of halogens is 1. The maximum Gasteiger partial charge on any atom is 0.115 e. The van der Waals surface area contributed by atoms with Crippen LogP contribution in [0.15, 0.2) is 18.2 Å². The molecule has 1 aromatic rings. The normalized spacial score (nSPS) is 10.2. The fraction of sp³-hybridized carbons (Fsp3) is 0.400.